The predicted molar refractivity (Wildman–Crippen MR) is 92.1 cm³/mol. The molecule has 0 unspecified atom stereocenters. The molecular formula is C17H16ClF2NO3S. The Balaban J connectivity index is 1.68. The molecule has 2 aromatic rings. The number of alkyl halides is 2. The number of thiophene rings is 1. The zero-order chi connectivity index (χ0) is 18.0. The summed E-state index contributed by atoms with van der Waals surface area (Å²) in [6.45, 7) is -0.364. The van der Waals surface area contributed by atoms with E-state index in [4.69, 9.17) is 16.3 Å². The molecule has 1 aromatic heterocycles. The third-order valence-corrected chi connectivity index (χ3v) is 5.13. The van der Waals surface area contributed by atoms with Gasteiger partial charge in [-0.05, 0) is 25.1 Å². The number of para-hydroxylation sites is 1. The lowest BCUT2D eigenvalue weighted by Crippen LogP contribution is -2.30. The Kier molecular flexibility index (Phi) is 5.44. The van der Waals surface area contributed by atoms with E-state index >= 15 is 0 Å². The van der Waals surface area contributed by atoms with E-state index in [1.54, 1.807) is 24.0 Å². The molecule has 1 saturated heterocycles. The molecule has 0 spiro atoms. The van der Waals surface area contributed by atoms with Gasteiger partial charge in [0.15, 0.2) is 0 Å². The quantitative estimate of drug-likeness (QED) is 0.752. The van der Waals surface area contributed by atoms with Gasteiger partial charge in [0.25, 0.3) is 5.91 Å². The Bertz CT molecular complexity index is 768. The van der Waals surface area contributed by atoms with E-state index in [0.29, 0.717) is 30.3 Å². The van der Waals surface area contributed by atoms with Crippen molar-refractivity contribution in [2.45, 2.75) is 26.1 Å². The van der Waals surface area contributed by atoms with E-state index in [-0.39, 0.29) is 22.6 Å². The molecule has 1 aliphatic rings. The van der Waals surface area contributed by atoms with Crippen molar-refractivity contribution in [1.29, 1.82) is 0 Å². The zero-order valence-corrected chi connectivity index (χ0v) is 14.9. The number of nitrogens with zero attached hydrogens (tertiary/aromatic N) is 1. The summed E-state index contributed by atoms with van der Waals surface area (Å²) in [5.41, 5.74) is 0. The molecule has 2 heterocycles. The molecule has 4 nitrogen and oxygen atoms in total. The maximum Gasteiger partial charge on any atom is 0.387 e. The van der Waals surface area contributed by atoms with Crippen LogP contribution in [0.3, 0.4) is 0 Å². The molecule has 8 heteroatoms. The maximum atomic E-state index is 12.7. The Morgan fingerprint density at radius 2 is 2.12 bits per heavy atom. The van der Waals surface area contributed by atoms with E-state index in [2.05, 4.69) is 4.74 Å². The van der Waals surface area contributed by atoms with E-state index in [1.165, 1.54) is 6.07 Å². The maximum absolute atomic E-state index is 12.7. The van der Waals surface area contributed by atoms with Crippen LogP contribution in [0.1, 0.15) is 21.0 Å². The highest BCUT2D eigenvalue weighted by Gasteiger charge is 2.31. The summed E-state index contributed by atoms with van der Waals surface area (Å²) in [4.78, 5) is 15.2. The molecule has 0 saturated carbocycles. The Labute approximate surface area is 152 Å². The first-order valence-electron chi connectivity index (χ1n) is 7.69. The predicted octanol–water partition coefficient (Wildman–Crippen LogP) is 4.60. The molecule has 25 heavy (non-hydrogen) atoms. The van der Waals surface area contributed by atoms with Gasteiger partial charge in [0.1, 0.15) is 22.5 Å². The second-order valence-corrected chi connectivity index (χ2v) is 7.30. The van der Waals surface area contributed by atoms with Gasteiger partial charge in [0.05, 0.1) is 11.6 Å². The number of hydrogen-bond acceptors (Lipinski definition) is 4. The number of halogens is 3. The van der Waals surface area contributed by atoms with Gasteiger partial charge in [-0.3, -0.25) is 4.79 Å². The van der Waals surface area contributed by atoms with Crippen LogP contribution in [-0.2, 0) is 0 Å². The molecule has 1 atom stereocenters. The van der Waals surface area contributed by atoms with Crippen LogP contribution in [0.25, 0.3) is 0 Å². The van der Waals surface area contributed by atoms with Crippen LogP contribution < -0.4 is 9.47 Å². The van der Waals surface area contributed by atoms with Gasteiger partial charge in [-0.1, -0.05) is 23.7 Å². The number of benzene rings is 1. The summed E-state index contributed by atoms with van der Waals surface area (Å²) in [6, 6.07) is 8.59. The molecular weight excluding hydrogens is 372 g/mol. The summed E-state index contributed by atoms with van der Waals surface area (Å²) in [5, 5.41) is 0.508. The number of carbonyl (C=O) groups excluding carboxylic acids is 1. The zero-order valence-electron chi connectivity index (χ0n) is 13.4. The first kappa shape index (κ1) is 17.9. The van der Waals surface area contributed by atoms with Crippen molar-refractivity contribution >= 4 is 28.8 Å². The average Bonchev–Trinajstić information content (AvgIpc) is 3.15. The molecule has 1 amide bonds. The highest BCUT2D eigenvalue weighted by Crippen LogP contribution is 2.33. The molecule has 3 rings (SSSR count). The molecule has 0 radical (unpaired) electrons. The van der Waals surface area contributed by atoms with Crippen molar-refractivity contribution in [3.63, 3.8) is 0 Å². The minimum absolute atomic E-state index is 0.0713. The van der Waals surface area contributed by atoms with Crippen LogP contribution in [0.5, 0.6) is 11.5 Å². The smallest absolute Gasteiger partial charge is 0.387 e. The van der Waals surface area contributed by atoms with Crippen LogP contribution >= 0.6 is 22.9 Å². The van der Waals surface area contributed by atoms with E-state index in [0.717, 1.165) is 16.2 Å². The van der Waals surface area contributed by atoms with Crippen LogP contribution in [0.2, 0.25) is 5.02 Å². The van der Waals surface area contributed by atoms with Gasteiger partial charge in [-0.2, -0.15) is 8.78 Å². The Morgan fingerprint density at radius 3 is 2.84 bits per heavy atom. The number of likely N-dealkylation sites (tertiary alicyclic amines) is 1. The third kappa shape index (κ3) is 4.22. The van der Waals surface area contributed by atoms with Crippen LogP contribution in [0.15, 0.2) is 30.3 Å². The number of amides is 1. The Hall–Kier alpha value is -1.86. The Morgan fingerprint density at radius 1 is 1.36 bits per heavy atom. The number of hydrogen-bond donors (Lipinski definition) is 0. The van der Waals surface area contributed by atoms with E-state index in [9.17, 15) is 13.6 Å². The molecule has 0 N–H and O–H groups in total. The molecule has 0 aliphatic carbocycles. The van der Waals surface area contributed by atoms with Crippen molar-refractivity contribution in [2.24, 2.45) is 0 Å². The second-order valence-electron chi connectivity index (χ2n) is 5.64. The SMILES string of the molecule is Cc1cc(OC(F)F)c(C(=O)N2CC[C@@H](Oc3ccccc3Cl)C2)s1. The summed E-state index contributed by atoms with van der Waals surface area (Å²) in [6.07, 6.45) is 0.455. The largest absolute Gasteiger partial charge is 0.487 e. The average molecular weight is 388 g/mol. The second kappa shape index (κ2) is 7.58. The molecule has 1 aliphatic heterocycles. The molecule has 1 aromatic carbocycles. The number of rotatable bonds is 5. The number of aryl methyl sites for hydroxylation is 1. The van der Waals surface area contributed by atoms with Gasteiger partial charge in [-0.25, -0.2) is 0 Å². The topological polar surface area (TPSA) is 38.8 Å². The van der Waals surface area contributed by atoms with Crippen LogP contribution in [-0.4, -0.2) is 36.6 Å². The summed E-state index contributed by atoms with van der Waals surface area (Å²) in [5.74, 6) is 0.175. The van der Waals surface area contributed by atoms with Crippen LogP contribution in [0, 0.1) is 6.92 Å². The normalized spacial score (nSPS) is 17.2. The van der Waals surface area contributed by atoms with Crippen molar-refractivity contribution in [2.75, 3.05) is 13.1 Å². The lowest BCUT2D eigenvalue weighted by molar-refractivity contribution is -0.0499. The summed E-state index contributed by atoms with van der Waals surface area (Å²) in [7, 11) is 0. The minimum atomic E-state index is -2.96. The third-order valence-electron chi connectivity index (χ3n) is 3.79. The van der Waals surface area contributed by atoms with Gasteiger partial charge in [-0.15, -0.1) is 11.3 Å². The first-order chi connectivity index (χ1) is 11.9. The molecule has 0 bridgehead atoms. The van der Waals surface area contributed by atoms with E-state index in [1.807, 2.05) is 12.1 Å². The number of ether oxygens (including phenoxy) is 2. The van der Waals surface area contributed by atoms with Crippen LogP contribution in [0.4, 0.5) is 8.78 Å². The molecule has 134 valence electrons. The summed E-state index contributed by atoms with van der Waals surface area (Å²) >= 11 is 7.23. The minimum Gasteiger partial charge on any atom is -0.487 e. The van der Waals surface area contributed by atoms with Gasteiger partial charge < -0.3 is 14.4 Å². The van der Waals surface area contributed by atoms with Gasteiger partial charge in [0.2, 0.25) is 0 Å². The lowest BCUT2D eigenvalue weighted by Gasteiger charge is -2.17. The standard InChI is InChI=1S/C17H16ClF2NO3S/c1-10-8-14(24-17(19)20)15(25-10)16(22)21-7-6-11(9-21)23-13-5-3-2-4-12(13)18/h2-5,8,11,17H,6-7,9H2,1H3/t11-/m1/s1. The van der Waals surface area contributed by atoms with Gasteiger partial charge in [0, 0.05) is 17.8 Å². The highest BCUT2D eigenvalue weighted by atomic mass is 35.5. The van der Waals surface area contributed by atoms with Crippen molar-refractivity contribution < 1.29 is 23.0 Å². The fourth-order valence-corrected chi connectivity index (χ4v) is 3.79. The fourth-order valence-electron chi connectivity index (χ4n) is 2.70. The van der Waals surface area contributed by atoms with Gasteiger partial charge >= 0.3 is 6.61 Å². The monoisotopic (exact) mass is 387 g/mol. The molecule has 1 fully saturated rings. The number of carbonyl (C=O) groups is 1. The van der Waals surface area contributed by atoms with Crippen molar-refractivity contribution in [3.8, 4) is 11.5 Å². The van der Waals surface area contributed by atoms with E-state index < -0.39 is 6.61 Å². The van der Waals surface area contributed by atoms with Crippen molar-refractivity contribution in [3.05, 3.63) is 45.1 Å². The van der Waals surface area contributed by atoms with Crippen molar-refractivity contribution in [1.82, 2.24) is 4.90 Å². The lowest BCUT2D eigenvalue weighted by atomic mass is 10.3. The summed E-state index contributed by atoms with van der Waals surface area (Å²) < 4.78 is 35.3. The first-order valence-corrected chi connectivity index (χ1v) is 8.89. The highest BCUT2D eigenvalue weighted by molar-refractivity contribution is 7.14. The fraction of sp³-hybridized carbons (Fsp3) is 0.353.